The van der Waals surface area contributed by atoms with Gasteiger partial charge in [0, 0.05) is 44.3 Å². The van der Waals surface area contributed by atoms with E-state index >= 15 is 0 Å². The maximum atomic E-state index is 6.01. The molecule has 0 amide bonds. The van der Waals surface area contributed by atoms with Gasteiger partial charge in [0.2, 0.25) is 11.8 Å². The SMILES string of the molecule is COc1ccc(OC)c(-c2nc(CN3CCN(c4ncc5ccccc5n4)CC3)c(C)o2)c1. The zero-order valence-electron chi connectivity index (χ0n) is 19.1. The van der Waals surface area contributed by atoms with Crippen LogP contribution in [0.4, 0.5) is 5.95 Å². The summed E-state index contributed by atoms with van der Waals surface area (Å²) in [6, 6.07) is 13.7. The molecule has 170 valence electrons. The minimum absolute atomic E-state index is 0.543. The van der Waals surface area contributed by atoms with E-state index in [0.29, 0.717) is 11.6 Å². The highest BCUT2D eigenvalue weighted by molar-refractivity contribution is 5.78. The minimum atomic E-state index is 0.543. The summed E-state index contributed by atoms with van der Waals surface area (Å²) in [7, 11) is 3.28. The normalized spacial score (nSPS) is 14.6. The van der Waals surface area contributed by atoms with Crippen LogP contribution >= 0.6 is 0 Å². The molecule has 33 heavy (non-hydrogen) atoms. The number of fused-ring (bicyclic) bond motifs is 1. The monoisotopic (exact) mass is 445 g/mol. The molecule has 0 spiro atoms. The van der Waals surface area contributed by atoms with Crippen molar-refractivity contribution in [2.75, 3.05) is 45.3 Å². The van der Waals surface area contributed by atoms with Crippen LogP contribution in [0.5, 0.6) is 11.5 Å². The van der Waals surface area contributed by atoms with Gasteiger partial charge < -0.3 is 18.8 Å². The Kier molecular flexibility index (Phi) is 5.83. The van der Waals surface area contributed by atoms with E-state index in [0.717, 1.165) is 72.3 Å². The molecule has 2 aromatic carbocycles. The average molecular weight is 446 g/mol. The third-order valence-electron chi connectivity index (χ3n) is 6.03. The zero-order chi connectivity index (χ0) is 22.8. The summed E-state index contributed by atoms with van der Waals surface area (Å²) < 4.78 is 16.9. The molecule has 0 atom stereocenters. The number of hydrogen-bond donors (Lipinski definition) is 0. The van der Waals surface area contributed by atoms with Crippen molar-refractivity contribution in [3.63, 3.8) is 0 Å². The molecular formula is C25H27N5O3. The Morgan fingerprint density at radius 3 is 2.58 bits per heavy atom. The second-order valence-electron chi connectivity index (χ2n) is 8.08. The van der Waals surface area contributed by atoms with E-state index in [1.54, 1.807) is 14.2 Å². The van der Waals surface area contributed by atoms with Gasteiger partial charge in [0.05, 0.1) is 31.0 Å². The highest BCUT2D eigenvalue weighted by atomic mass is 16.5. The van der Waals surface area contributed by atoms with Gasteiger partial charge in [-0.3, -0.25) is 4.90 Å². The quantitative estimate of drug-likeness (QED) is 0.442. The molecule has 0 aliphatic carbocycles. The smallest absolute Gasteiger partial charge is 0.230 e. The van der Waals surface area contributed by atoms with Crippen LogP contribution in [0.2, 0.25) is 0 Å². The number of para-hydroxylation sites is 1. The molecule has 0 radical (unpaired) electrons. The van der Waals surface area contributed by atoms with Crippen molar-refractivity contribution in [2.24, 2.45) is 0 Å². The molecule has 4 aromatic rings. The van der Waals surface area contributed by atoms with Crippen molar-refractivity contribution >= 4 is 16.9 Å². The summed E-state index contributed by atoms with van der Waals surface area (Å²) in [5.41, 5.74) is 2.69. The van der Waals surface area contributed by atoms with Gasteiger partial charge >= 0.3 is 0 Å². The molecular weight excluding hydrogens is 418 g/mol. The lowest BCUT2D eigenvalue weighted by molar-refractivity contribution is 0.245. The van der Waals surface area contributed by atoms with E-state index in [9.17, 15) is 0 Å². The summed E-state index contributed by atoms with van der Waals surface area (Å²) in [6.07, 6.45) is 1.90. The number of aromatic nitrogens is 3. The lowest BCUT2D eigenvalue weighted by atomic mass is 10.2. The molecule has 1 fully saturated rings. The summed E-state index contributed by atoms with van der Waals surface area (Å²) >= 11 is 0. The molecule has 1 aliphatic rings. The van der Waals surface area contributed by atoms with E-state index in [1.807, 2.05) is 55.6 Å². The number of oxazole rings is 1. The predicted molar refractivity (Wildman–Crippen MR) is 127 cm³/mol. The number of piperazine rings is 1. The fourth-order valence-electron chi connectivity index (χ4n) is 4.10. The van der Waals surface area contributed by atoms with Crippen LogP contribution in [0.25, 0.3) is 22.4 Å². The first-order chi connectivity index (χ1) is 16.1. The van der Waals surface area contributed by atoms with Crippen molar-refractivity contribution in [2.45, 2.75) is 13.5 Å². The number of aryl methyl sites for hydroxylation is 1. The Balaban J connectivity index is 1.27. The molecule has 8 heteroatoms. The summed E-state index contributed by atoms with van der Waals surface area (Å²) in [5, 5.41) is 1.06. The maximum absolute atomic E-state index is 6.01. The Bertz CT molecular complexity index is 1260. The maximum Gasteiger partial charge on any atom is 0.230 e. The fraction of sp³-hybridized carbons (Fsp3) is 0.320. The van der Waals surface area contributed by atoms with Gasteiger partial charge in [0.15, 0.2) is 0 Å². The fourth-order valence-corrected chi connectivity index (χ4v) is 4.10. The molecule has 0 N–H and O–H groups in total. The number of ether oxygens (including phenoxy) is 2. The molecule has 3 heterocycles. The standard InChI is InChI=1S/C25H27N5O3/c1-17-22(27-24(33-17)20-14-19(31-2)8-9-23(20)32-3)16-29-10-12-30(13-11-29)25-26-15-18-6-4-5-7-21(18)28-25/h4-9,14-15H,10-13,16H2,1-3H3. The van der Waals surface area contributed by atoms with Crippen LogP contribution < -0.4 is 14.4 Å². The molecule has 5 rings (SSSR count). The van der Waals surface area contributed by atoms with Crippen LogP contribution in [0.1, 0.15) is 11.5 Å². The van der Waals surface area contributed by atoms with E-state index in [-0.39, 0.29) is 0 Å². The summed E-state index contributed by atoms with van der Waals surface area (Å²) in [6.45, 7) is 6.23. The van der Waals surface area contributed by atoms with Crippen LogP contribution in [0.3, 0.4) is 0 Å². The Morgan fingerprint density at radius 1 is 0.970 bits per heavy atom. The lowest BCUT2D eigenvalue weighted by Crippen LogP contribution is -2.46. The van der Waals surface area contributed by atoms with Crippen molar-refractivity contribution < 1.29 is 13.9 Å². The zero-order valence-corrected chi connectivity index (χ0v) is 19.1. The molecule has 2 aromatic heterocycles. The van der Waals surface area contributed by atoms with Gasteiger partial charge in [-0.25, -0.2) is 15.0 Å². The number of methoxy groups -OCH3 is 2. The second-order valence-corrected chi connectivity index (χ2v) is 8.08. The number of rotatable bonds is 6. The third kappa shape index (κ3) is 4.34. The Labute approximate surface area is 192 Å². The van der Waals surface area contributed by atoms with E-state index in [1.165, 1.54) is 0 Å². The first-order valence-electron chi connectivity index (χ1n) is 11.0. The van der Waals surface area contributed by atoms with Gasteiger partial charge in [0.25, 0.3) is 0 Å². The van der Waals surface area contributed by atoms with Gasteiger partial charge in [0.1, 0.15) is 17.3 Å². The minimum Gasteiger partial charge on any atom is -0.497 e. The Hall–Kier alpha value is -3.65. The number of nitrogens with zero attached hydrogens (tertiary/aromatic N) is 5. The molecule has 0 saturated carbocycles. The van der Waals surface area contributed by atoms with Crippen LogP contribution in [-0.4, -0.2) is 60.3 Å². The molecule has 8 nitrogen and oxygen atoms in total. The van der Waals surface area contributed by atoms with E-state index in [4.69, 9.17) is 23.9 Å². The van der Waals surface area contributed by atoms with Crippen molar-refractivity contribution in [1.29, 1.82) is 0 Å². The van der Waals surface area contributed by atoms with Gasteiger partial charge in [-0.05, 0) is 31.2 Å². The highest BCUT2D eigenvalue weighted by Crippen LogP contribution is 2.34. The largest absolute Gasteiger partial charge is 0.497 e. The Morgan fingerprint density at radius 2 is 1.79 bits per heavy atom. The van der Waals surface area contributed by atoms with Crippen LogP contribution in [0.15, 0.2) is 53.1 Å². The number of benzene rings is 2. The van der Waals surface area contributed by atoms with Crippen LogP contribution in [-0.2, 0) is 6.54 Å². The predicted octanol–water partition coefficient (Wildman–Crippen LogP) is 3.93. The molecule has 1 saturated heterocycles. The highest BCUT2D eigenvalue weighted by Gasteiger charge is 2.22. The molecule has 0 bridgehead atoms. The molecule has 0 unspecified atom stereocenters. The van der Waals surface area contributed by atoms with E-state index < -0.39 is 0 Å². The summed E-state index contributed by atoms with van der Waals surface area (Å²) in [5.74, 6) is 3.58. The van der Waals surface area contributed by atoms with Crippen molar-refractivity contribution in [1.82, 2.24) is 19.9 Å². The lowest BCUT2D eigenvalue weighted by Gasteiger charge is -2.34. The average Bonchev–Trinajstić information content (AvgIpc) is 3.23. The van der Waals surface area contributed by atoms with Crippen molar-refractivity contribution in [3.8, 4) is 23.0 Å². The van der Waals surface area contributed by atoms with Gasteiger partial charge in [-0.1, -0.05) is 18.2 Å². The summed E-state index contributed by atoms with van der Waals surface area (Å²) in [4.78, 5) is 18.7. The first kappa shape index (κ1) is 21.2. The third-order valence-corrected chi connectivity index (χ3v) is 6.03. The number of hydrogen-bond acceptors (Lipinski definition) is 8. The molecule has 1 aliphatic heterocycles. The first-order valence-corrected chi connectivity index (χ1v) is 11.0. The second kappa shape index (κ2) is 9.07. The van der Waals surface area contributed by atoms with Gasteiger partial charge in [-0.2, -0.15) is 0 Å². The van der Waals surface area contributed by atoms with Crippen molar-refractivity contribution in [3.05, 3.63) is 60.1 Å². The van der Waals surface area contributed by atoms with Gasteiger partial charge in [-0.15, -0.1) is 0 Å². The topological polar surface area (TPSA) is 76.8 Å². The number of anilines is 1. The van der Waals surface area contributed by atoms with Crippen LogP contribution in [0, 0.1) is 6.92 Å². The van der Waals surface area contributed by atoms with E-state index in [2.05, 4.69) is 14.8 Å².